The molecule has 2 aliphatic rings. The molecule has 4 heterocycles. The molecule has 1 saturated heterocycles. The number of pyridine rings is 3. The van der Waals surface area contributed by atoms with E-state index in [1.165, 1.54) is 18.4 Å². The molecular formula is C28H31N7O2. The molecule has 3 aromatic heterocycles. The molecule has 9 nitrogen and oxygen atoms in total. The summed E-state index contributed by atoms with van der Waals surface area (Å²) in [6.45, 7) is 7.07. The summed E-state index contributed by atoms with van der Waals surface area (Å²) in [6.07, 6.45) is 6.26. The van der Waals surface area contributed by atoms with Crippen LogP contribution in [0.2, 0.25) is 0 Å². The summed E-state index contributed by atoms with van der Waals surface area (Å²) in [5.41, 5.74) is 3.03. The molecule has 1 saturated carbocycles. The molecule has 1 aliphatic heterocycles. The van der Waals surface area contributed by atoms with E-state index < -0.39 is 5.60 Å². The van der Waals surface area contributed by atoms with Crippen molar-refractivity contribution in [1.82, 2.24) is 20.3 Å². The van der Waals surface area contributed by atoms with Gasteiger partial charge in [0, 0.05) is 31.0 Å². The zero-order valence-corrected chi connectivity index (χ0v) is 21.4. The fourth-order valence-electron chi connectivity index (χ4n) is 4.40. The van der Waals surface area contributed by atoms with E-state index in [1.807, 2.05) is 39.1 Å². The molecule has 1 amide bonds. The first kappa shape index (κ1) is 24.5. The molecule has 0 spiro atoms. The number of anilines is 3. The molecule has 1 aliphatic carbocycles. The van der Waals surface area contributed by atoms with Gasteiger partial charge in [0.1, 0.15) is 23.1 Å². The largest absolute Gasteiger partial charge is 0.444 e. The number of nitrogens with zero attached hydrogens (tertiary/aromatic N) is 5. The van der Waals surface area contributed by atoms with Crippen LogP contribution < -0.4 is 15.5 Å². The van der Waals surface area contributed by atoms with Crippen molar-refractivity contribution >= 4 is 23.5 Å². The maximum atomic E-state index is 12.1. The number of nitrogens with one attached hydrogen (secondary N) is 2. The van der Waals surface area contributed by atoms with E-state index in [-0.39, 0.29) is 12.1 Å². The van der Waals surface area contributed by atoms with Gasteiger partial charge in [0.15, 0.2) is 0 Å². The van der Waals surface area contributed by atoms with Crippen molar-refractivity contribution in [2.75, 3.05) is 23.3 Å². The number of aromatic nitrogens is 3. The van der Waals surface area contributed by atoms with Crippen molar-refractivity contribution < 1.29 is 9.53 Å². The van der Waals surface area contributed by atoms with Crippen molar-refractivity contribution in [3.8, 4) is 17.3 Å². The van der Waals surface area contributed by atoms with Crippen LogP contribution in [0.25, 0.3) is 11.3 Å². The van der Waals surface area contributed by atoms with Crippen molar-refractivity contribution in [3.05, 3.63) is 59.9 Å². The maximum Gasteiger partial charge on any atom is 0.407 e. The second kappa shape index (κ2) is 10.1. The Morgan fingerprint density at radius 3 is 2.65 bits per heavy atom. The molecule has 1 atom stereocenters. The molecule has 2 fully saturated rings. The Bertz CT molecular complexity index is 1320. The Balaban J connectivity index is 1.29. The van der Waals surface area contributed by atoms with E-state index in [9.17, 15) is 10.1 Å². The van der Waals surface area contributed by atoms with Gasteiger partial charge in [-0.15, -0.1) is 0 Å². The monoisotopic (exact) mass is 497 g/mol. The molecule has 0 radical (unpaired) electrons. The molecule has 3 aromatic rings. The lowest BCUT2D eigenvalue weighted by Gasteiger charge is -2.22. The third-order valence-electron chi connectivity index (χ3n) is 6.32. The number of nitriles is 1. The average Bonchev–Trinajstić information content (AvgIpc) is 3.62. The van der Waals surface area contributed by atoms with Crippen LogP contribution in [-0.4, -0.2) is 45.8 Å². The average molecular weight is 498 g/mol. The van der Waals surface area contributed by atoms with Gasteiger partial charge in [-0.05, 0) is 87.9 Å². The Kier molecular flexibility index (Phi) is 6.66. The van der Waals surface area contributed by atoms with Crippen molar-refractivity contribution in [1.29, 1.82) is 5.26 Å². The van der Waals surface area contributed by atoms with Crippen LogP contribution in [0.1, 0.15) is 57.1 Å². The maximum absolute atomic E-state index is 12.1. The SMILES string of the molecule is CC(C)(C)OC(=O)N[C@@H]1CCN(c2ccc(-c3cc(C4CC4)cc(Nc4cc(C#N)ccn4)n3)cn2)C1. The van der Waals surface area contributed by atoms with E-state index in [4.69, 9.17) is 14.7 Å². The van der Waals surface area contributed by atoms with E-state index in [1.54, 1.807) is 18.3 Å². The second-order valence-electron chi connectivity index (χ2n) is 10.6. The summed E-state index contributed by atoms with van der Waals surface area (Å²) in [4.78, 5) is 28.1. The summed E-state index contributed by atoms with van der Waals surface area (Å²) in [5.74, 6) is 2.70. The minimum absolute atomic E-state index is 0.0231. The van der Waals surface area contributed by atoms with Crippen LogP contribution in [-0.2, 0) is 4.74 Å². The molecule has 0 unspecified atom stereocenters. The molecule has 37 heavy (non-hydrogen) atoms. The van der Waals surface area contributed by atoms with E-state index in [0.29, 0.717) is 29.7 Å². The Hall–Kier alpha value is -4.19. The lowest BCUT2D eigenvalue weighted by molar-refractivity contribution is 0.0509. The summed E-state index contributed by atoms with van der Waals surface area (Å²) < 4.78 is 5.38. The number of hydrogen-bond donors (Lipinski definition) is 2. The number of alkyl carbamates (subject to hydrolysis) is 1. The van der Waals surface area contributed by atoms with Crippen LogP contribution >= 0.6 is 0 Å². The van der Waals surface area contributed by atoms with Gasteiger partial charge < -0.3 is 20.3 Å². The highest BCUT2D eigenvalue weighted by atomic mass is 16.6. The number of carbonyl (C=O) groups is 1. The van der Waals surface area contributed by atoms with Gasteiger partial charge in [-0.1, -0.05) is 0 Å². The summed E-state index contributed by atoms with van der Waals surface area (Å²) in [6, 6.07) is 13.8. The third kappa shape index (κ3) is 6.33. The topological polar surface area (TPSA) is 116 Å². The van der Waals surface area contributed by atoms with Crippen LogP contribution in [0.3, 0.4) is 0 Å². The molecule has 5 rings (SSSR count). The van der Waals surface area contributed by atoms with Crippen molar-refractivity contribution in [2.24, 2.45) is 0 Å². The highest BCUT2D eigenvalue weighted by Crippen LogP contribution is 2.42. The fraction of sp³-hybridized carbons (Fsp3) is 0.393. The first-order valence-corrected chi connectivity index (χ1v) is 12.6. The zero-order valence-electron chi connectivity index (χ0n) is 21.4. The Morgan fingerprint density at radius 1 is 1.11 bits per heavy atom. The molecule has 9 heteroatoms. The lowest BCUT2D eigenvalue weighted by Crippen LogP contribution is -2.40. The van der Waals surface area contributed by atoms with E-state index in [2.05, 4.69) is 38.7 Å². The Labute approximate surface area is 216 Å². The summed E-state index contributed by atoms with van der Waals surface area (Å²) in [5, 5.41) is 15.4. The van der Waals surface area contributed by atoms with Gasteiger partial charge in [0.2, 0.25) is 0 Å². The van der Waals surface area contributed by atoms with E-state index in [0.717, 1.165) is 30.0 Å². The number of ether oxygens (including phenoxy) is 1. The van der Waals surface area contributed by atoms with Gasteiger partial charge >= 0.3 is 6.09 Å². The first-order valence-electron chi connectivity index (χ1n) is 12.6. The summed E-state index contributed by atoms with van der Waals surface area (Å²) >= 11 is 0. The van der Waals surface area contributed by atoms with Crippen LogP contribution in [0.5, 0.6) is 0 Å². The van der Waals surface area contributed by atoms with Crippen molar-refractivity contribution in [3.63, 3.8) is 0 Å². The second-order valence-corrected chi connectivity index (χ2v) is 10.6. The third-order valence-corrected chi connectivity index (χ3v) is 6.32. The van der Waals surface area contributed by atoms with E-state index >= 15 is 0 Å². The van der Waals surface area contributed by atoms with Gasteiger partial charge in [0.05, 0.1) is 23.4 Å². The van der Waals surface area contributed by atoms with Gasteiger partial charge in [0.25, 0.3) is 0 Å². The number of amides is 1. The van der Waals surface area contributed by atoms with Gasteiger partial charge in [-0.25, -0.2) is 19.7 Å². The molecule has 0 aromatic carbocycles. The quantitative estimate of drug-likeness (QED) is 0.481. The number of carbonyl (C=O) groups excluding carboxylic acids is 1. The first-order chi connectivity index (χ1) is 17.8. The van der Waals surface area contributed by atoms with Crippen LogP contribution in [0.15, 0.2) is 48.8 Å². The summed E-state index contributed by atoms with van der Waals surface area (Å²) in [7, 11) is 0. The predicted octanol–water partition coefficient (Wildman–Crippen LogP) is 5.13. The Morgan fingerprint density at radius 2 is 1.95 bits per heavy atom. The minimum atomic E-state index is -0.517. The molecule has 190 valence electrons. The predicted molar refractivity (Wildman–Crippen MR) is 142 cm³/mol. The number of rotatable bonds is 6. The molecule has 2 N–H and O–H groups in total. The van der Waals surface area contributed by atoms with Crippen LogP contribution in [0, 0.1) is 11.3 Å². The molecule has 0 bridgehead atoms. The standard InChI is InChI=1S/C28H31N7O2/c1-28(2,3)37-27(36)32-22-9-11-35(17-22)26-7-6-20(16-31-26)23-13-21(19-4-5-19)14-25(33-23)34-24-12-18(15-29)8-10-30-24/h6-8,10,12-14,16,19,22H,4-5,9,11,17H2,1-3H3,(H,32,36)(H,30,33,34)/t22-/m1/s1. The van der Waals surface area contributed by atoms with Gasteiger partial charge in [-0.2, -0.15) is 5.26 Å². The smallest absolute Gasteiger partial charge is 0.407 e. The molecular weight excluding hydrogens is 466 g/mol. The highest BCUT2D eigenvalue weighted by molar-refractivity contribution is 5.69. The fourth-order valence-corrected chi connectivity index (χ4v) is 4.40. The highest BCUT2D eigenvalue weighted by Gasteiger charge is 2.27. The normalized spacial score (nSPS) is 17.2. The van der Waals surface area contributed by atoms with Gasteiger partial charge in [-0.3, -0.25) is 0 Å². The van der Waals surface area contributed by atoms with Crippen LogP contribution in [0.4, 0.5) is 22.2 Å². The number of hydrogen-bond acceptors (Lipinski definition) is 8. The van der Waals surface area contributed by atoms with Crippen molar-refractivity contribution in [2.45, 2.75) is 57.6 Å². The lowest BCUT2D eigenvalue weighted by atomic mass is 10.1. The zero-order chi connectivity index (χ0) is 26.0. The minimum Gasteiger partial charge on any atom is -0.444 e.